The van der Waals surface area contributed by atoms with E-state index >= 15 is 0 Å². The van der Waals surface area contributed by atoms with Crippen LogP contribution >= 0.6 is 0 Å². The molecule has 5 nitrogen and oxygen atoms in total. The first-order valence-corrected chi connectivity index (χ1v) is 9.75. The van der Waals surface area contributed by atoms with E-state index in [9.17, 15) is 4.79 Å². The van der Waals surface area contributed by atoms with E-state index < -0.39 is 0 Å². The van der Waals surface area contributed by atoms with Crippen molar-refractivity contribution in [2.75, 3.05) is 19.7 Å². The van der Waals surface area contributed by atoms with Crippen LogP contribution in [0.4, 0.5) is 0 Å². The summed E-state index contributed by atoms with van der Waals surface area (Å²) in [5.74, 6) is 0.740. The van der Waals surface area contributed by atoms with E-state index in [2.05, 4.69) is 42.4 Å². The number of ether oxygens (including phenoxy) is 1. The Morgan fingerprint density at radius 1 is 1.23 bits per heavy atom. The molecular weight excluding hydrogens is 326 g/mol. The summed E-state index contributed by atoms with van der Waals surface area (Å²) in [5.41, 5.74) is 4.20. The first-order valence-electron chi connectivity index (χ1n) is 9.75. The Kier molecular flexibility index (Phi) is 5.07. The highest BCUT2D eigenvalue weighted by atomic mass is 16.5. The summed E-state index contributed by atoms with van der Waals surface area (Å²) in [5, 5.41) is 4.62. The van der Waals surface area contributed by atoms with Gasteiger partial charge in [-0.2, -0.15) is 5.10 Å². The second-order valence-electron chi connectivity index (χ2n) is 7.32. The average Bonchev–Trinajstić information content (AvgIpc) is 3.08. The van der Waals surface area contributed by atoms with Crippen molar-refractivity contribution in [3.05, 3.63) is 52.8 Å². The third-order valence-corrected chi connectivity index (χ3v) is 5.67. The maximum absolute atomic E-state index is 13.1. The van der Waals surface area contributed by atoms with Crippen molar-refractivity contribution >= 4 is 5.91 Å². The van der Waals surface area contributed by atoms with Crippen LogP contribution in [0.3, 0.4) is 0 Å². The van der Waals surface area contributed by atoms with Gasteiger partial charge in [0, 0.05) is 37.3 Å². The Bertz CT molecular complexity index is 761. The lowest BCUT2D eigenvalue weighted by atomic mass is 9.90. The summed E-state index contributed by atoms with van der Waals surface area (Å²) in [7, 11) is 0. The van der Waals surface area contributed by atoms with Crippen LogP contribution in [-0.2, 0) is 30.7 Å². The van der Waals surface area contributed by atoms with E-state index in [4.69, 9.17) is 4.74 Å². The van der Waals surface area contributed by atoms with Crippen molar-refractivity contribution in [3.63, 3.8) is 0 Å². The summed E-state index contributed by atoms with van der Waals surface area (Å²) in [6, 6.07) is 10.7. The van der Waals surface area contributed by atoms with Crippen molar-refractivity contribution in [3.8, 4) is 0 Å². The SMILES string of the molecule is CCn1nc(C(=O)N2CCC(Cc3ccccc3)CC2)c2c1CCOC2. The van der Waals surface area contributed by atoms with E-state index in [1.165, 1.54) is 11.3 Å². The van der Waals surface area contributed by atoms with Gasteiger partial charge in [0.05, 0.1) is 13.2 Å². The third kappa shape index (κ3) is 3.40. The van der Waals surface area contributed by atoms with Gasteiger partial charge in [-0.3, -0.25) is 9.48 Å². The number of likely N-dealkylation sites (tertiary alicyclic amines) is 1. The molecule has 0 atom stereocenters. The van der Waals surface area contributed by atoms with Crippen LogP contribution < -0.4 is 0 Å². The van der Waals surface area contributed by atoms with E-state index in [0.717, 1.165) is 57.5 Å². The Hall–Kier alpha value is -2.14. The minimum Gasteiger partial charge on any atom is -0.376 e. The summed E-state index contributed by atoms with van der Waals surface area (Å²) in [4.78, 5) is 15.0. The maximum atomic E-state index is 13.1. The third-order valence-electron chi connectivity index (χ3n) is 5.67. The van der Waals surface area contributed by atoms with Crippen molar-refractivity contribution in [1.82, 2.24) is 14.7 Å². The van der Waals surface area contributed by atoms with Crippen molar-refractivity contribution < 1.29 is 9.53 Å². The van der Waals surface area contributed by atoms with Gasteiger partial charge >= 0.3 is 0 Å². The lowest BCUT2D eigenvalue weighted by Crippen LogP contribution is -2.39. The normalized spacial score (nSPS) is 18.0. The minimum atomic E-state index is 0.0807. The molecule has 2 aromatic rings. The van der Waals surface area contributed by atoms with Gasteiger partial charge in [-0.15, -0.1) is 0 Å². The monoisotopic (exact) mass is 353 g/mol. The molecule has 1 aromatic carbocycles. The van der Waals surface area contributed by atoms with Gasteiger partial charge in [-0.25, -0.2) is 0 Å². The number of hydrogen-bond acceptors (Lipinski definition) is 3. The average molecular weight is 353 g/mol. The standard InChI is InChI=1S/C21H27N3O2/c1-2-24-19-10-13-26-15-18(19)20(22-24)21(25)23-11-8-17(9-12-23)14-16-6-4-3-5-7-16/h3-7,17H,2,8-15H2,1H3. The summed E-state index contributed by atoms with van der Waals surface area (Å²) < 4.78 is 7.57. The Morgan fingerprint density at radius 3 is 2.73 bits per heavy atom. The predicted molar refractivity (Wildman–Crippen MR) is 100 cm³/mol. The second-order valence-corrected chi connectivity index (χ2v) is 7.32. The molecule has 0 N–H and O–H groups in total. The first-order chi connectivity index (χ1) is 12.8. The van der Waals surface area contributed by atoms with Gasteiger partial charge in [0.25, 0.3) is 5.91 Å². The molecule has 2 aliphatic heterocycles. The van der Waals surface area contributed by atoms with E-state index in [0.29, 0.717) is 18.2 Å². The van der Waals surface area contributed by atoms with Gasteiger partial charge in [-0.1, -0.05) is 30.3 Å². The smallest absolute Gasteiger partial charge is 0.274 e. The number of aryl methyl sites for hydroxylation is 1. The van der Waals surface area contributed by atoms with E-state index in [-0.39, 0.29) is 5.91 Å². The molecule has 4 rings (SSSR count). The van der Waals surface area contributed by atoms with Crippen LogP contribution in [0, 0.1) is 5.92 Å². The van der Waals surface area contributed by atoms with Crippen LogP contribution in [0.1, 0.15) is 47.1 Å². The van der Waals surface area contributed by atoms with Crippen LogP contribution in [0.25, 0.3) is 0 Å². The van der Waals surface area contributed by atoms with Gasteiger partial charge in [0.2, 0.25) is 0 Å². The number of nitrogens with zero attached hydrogens (tertiary/aromatic N) is 3. The number of hydrogen-bond donors (Lipinski definition) is 0. The molecule has 0 radical (unpaired) electrons. The Balaban J connectivity index is 1.42. The van der Waals surface area contributed by atoms with Crippen molar-refractivity contribution in [2.24, 2.45) is 5.92 Å². The Morgan fingerprint density at radius 2 is 2.00 bits per heavy atom. The van der Waals surface area contributed by atoms with Gasteiger partial charge in [0.1, 0.15) is 0 Å². The highest BCUT2D eigenvalue weighted by molar-refractivity contribution is 5.94. The van der Waals surface area contributed by atoms with Gasteiger partial charge in [-0.05, 0) is 37.7 Å². The zero-order chi connectivity index (χ0) is 17.9. The molecule has 0 aliphatic carbocycles. The number of rotatable bonds is 4. The van der Waals surface area contributed by atoms with E-state index in [1.807, 2.05) is 9.58 Å². The number of fused-ring (bicyclic) bond motifs is 1. The van der Waals surface area contributed by atoms with Crippen LogP contribution in [0.2, 0.25) is 0 Å². The number of carbonyl (C=O) groups excluding carboxylic acids is 1. The topological polar surface area (TPSA) is 47.4 Å². The molecule has 1 fully saturated rings. The number of piperidine rings is 1. The predicted octanol–water partition coefficient (Wildman–Crippen LogP) is 3.07. The zero-order valence-electron chi connectivity index (χ0n) is 15.5. The van der Waals surface area contributed by atoms with Crippen LogP contribution in [-0.4, -0.2) is 40.3 Å². The number of amides is 1. The molecule has 138 valence electrons. The molecule has 26 heavy (non-hydrogen) atoms. The fourth-order valence-corrected chi connectivity index (χ4v) is 4.18. The molecular formula is C21H27N3O2. The highest BCUT2D eigenvalue weighted by Gasteiger charge is 2.30. The zero-order valence-corrected chi connectivity index (χ0v) is 15.5. The van der Waals surface area contributed by atoms with Crippen molar-refractivity contribution in [2.45, 2.75) is 45.8 Å². The quantitative estimate of drug-likeness (QED) is 0.849. The molecule has 5 heteroatoms. The fraction of sp³-hybridized carbons (Fsp3) is 0.524. The van der Waals surface area contributed by atoms with E-state index in [1.54, 1.807) is 0 Å². The number of benzene rings is 1. The molecule has 0 saturated carbocycles. The lowest BCUT2D eigenvalue weighted by molar-refractivity contribution is 0.0672. The molecule has 0 bridgehead atoms. The molecule has 1 saturated heterocycles. The molecule has 1 aromatic heterocycles. The second kappa shape index (κ2) is 7.62. The van der Waals surface area contributed by atoms with Crippen LogP contribution in [0.15, 0.2) is 30.3 Å². The maximum Gasteiger partial charge on any atom is 0.274 e. The Labute approximate surface area is 154 Å². The van der Waals surface area contributed by atoms with Crippen LogP contribution in [0.5, 0.6) is 0 Å². The molecule has 1 amide bonds. The van der Waals surface area contributed by atoms with Crippen molar-refractivity contribution in [1.29, 1.82) is 0 Å². The fourth-order valence-electron chi connectivity index (χ4n) is 4.18. The first kappa shape index (κ1) is 17.3. The summed E-state index contributed by atoms with van der Waals surface area (Å²) >= 11 is 0. The van der Waals surface area contributed by atoms with Gasteiger partial charge < -0.3 is 9.64 Å². The highest BCUT2D eigenvalue weighted by Crippen LogP contribution is 2.26. The molecule has 0 spiro atoms. The molecule has 3 heterocycles. The van der Waals surface area contributed by atoms with Gasteiger partial charge in [0.15, 0.2) is 5.69 Å². The number of aromatic nitrogens is 2. The summed E-state index contributed by atoms with van der Waals surface area (Å²) in [6.07, 6.45) is 4.08. The largest absolute Gasteiger partial charge is 0.376 e. The lowest BCUT2D eigenvalue weighted by Gasteiger charge is -2.32. The summed E-state index contributed by atoms with van der Waals surface area (Å²) in [6.45, 7) is 5.76. The molecule has 0 unspecified atom stereocenters. The minimum absolute atomic E-state index is 0.0807. The molecule has 2 aliphatic rings. The number of carbonyl (C=O) groups is 1.